The first-order chi connectivity index (χ1) is 9.19. The molecule has 2 rings (SSSR count). The Hall–Kier alpha value is -1.13. The predicted molar refractivity (Wildman–Crippen MR) is 78.3 cm³/mol. The normalized spacial score (nSPS) is 21.8. The minimum absolute atomic E-state index is 0.105. The van der Waals surface area contributed by atoms with Crippen molar-refractivity contribution in [1.29, 1.82) is 0 Å². The Bertz CT molecular complexity index is 453. The molecule has 0 saturated heterocycles. The van der Waals surface area contributed by atoms with E-state index >= 15 is 0 Å². The number of rotatable bonds is 6. The number of hydrogen-bond acceptors (Lipinski definition) is 3. The number of carbonyl (C=O) groups is 1. The Morgan fingerprint density at radius 2 is 2.37 bits per heavy atom. The third-order valence-corrected chi connectivity index (χ3v) is 4.61. The lowest BCUT2D eigenvalue weighted by atomic mass is 10.1. The highest BCUT2D eigenvalue weighted by atomic mass is 32.1. The molecule has 0 unspecified atom stereocenters. The second-order valence-electron chi connectivity index (χ2n) is 5.12. The van der Waals surface area contributed by atoms with Gasteiger partial charge in [-0.2, -0.15) is 0 Å². The first-order valence-electron chi connectivity index (χ1n) is 6.80. The van der Waals surface area contributed by atoms with Gasteiger partial charge in [-0.1, -0.05) is 12.2 Å². The summed E-state index contributed by atoms with van der Waals surface area (Å²) in [6.45, 7) is 2.28. The van der Waals surface area contributed by atoms with Crippen LogP contribution >= 0.6 is 11.3 Å². The fraction of sp³-hybridized carbons (Fsp3) is 0.533. The summed E-state index contributed by atoms with van der Waals surface area (Å²) in [4.78, 5) is 13.2. The number of nitrogens with one attached hydrogen (secondary N) is 1. The monoisotopic (exact) mass is 279 g/mol. The molecular weight excluding hydrogens is 258 g/mol. The summed E-state index contributed by atoms with van der Waals surface area (Å²) in [6.07, 6.45) is 7.25. The summed E-state index contributed by atoms with van der Waals surface area (Å²) in [5.74, 6) is 0.321. The smallest absolute Gasteiger partial charge is 0.220 e. The zero-order chi connectivity index (χ0) is 13.7. The van der Waals surface area contributed by atoms with Gasteiger partial charge in [-0.25, -0.2) is 0 Å². The molecule has 4 heteroatoms. The topological polar surface area (TPSA) is 49.3 Å². The van der Waals surface area contributed by atoms with E-state index in [0.29, 0.717) is 6.42 Å². The summed E-state index contributed by atoms with van der Waals surface area (Å²) in [7, 11) is 0. The molecule has 0 aliphatic heterocycles. The molecule has 1 aliphatic rings. The van der Waals surface area contributed by atoms with Gasteiger partial charge in [-0.3, -0.25) is 4.79 Å². The fourth-order valence-electron chi connectivity index (χ4n) is 2.37. The Balaban J connectivity index is 1.65. The molecule has 104 valence electrons. The van der Waals surface area contributed by atoms with Crippen molar-refractivity contribution in [3.8, 4) is 0 Å². The maximum atomic E-state index is 11.8. The average molecular weight is 279 g/mol. The number of aliphatic hydroxyl groups is 1. The average Bonchev–Trinajstić information content (AvgIpc) is 2.99. The van der Waals surface area contributed by atoms with E-state index in [9.17, 15) is 4.79 Å². The van der Waals surface area contributed by atoms with Crippen molar-refractivity contribution in [2.45, 2.75) is 38.6 Å². The summed E-state index contributed by atoms with van der Waals surface area (Å²) in [5.41, 5.74) is 1.33. The van der Waals surface area contributed by atoms with E-state index in [1.807, 2.05) is 12.2 Å². The van der Waals surface area contributed by atoms with Gasteiger partial charge in [0, 0.05) is 29.9 Å². The van der Waals surface area contributed by atoms with Gasteiger partial charge in [-0.15, -0.1) is 11.3 Å². The van der Waals surface area contributed by atoms with Gasteiger partial charge in [-0.05, 0) is 43.2 Å². The van der Waals surface area contributed by atoms with Crippen LogP contribution in [0.1, 0.15) is 29.7 Å². The molecular formula is C15H21NO2S. The summed E-state index contributed by atoms with van der Waals surface area (Å²) in [5, 5.41) is 14.1. The molecule has 0 radical (unpaired) electrons. The van der Waals surface area contributed by atoms with Crippen LogP contribution in [0.4, 0.5) is 0 Å². The Labute approximate surface area is 118 Å². The lowest BCUT2D eigenvalue weighted by Gasteiger charge is -2.12. The lowest BCUT2D eigenvalue weighted by Crippen LogP contribution is -2.32. The molecule has 1 aliphatic carbocycles. The van der Waals surface area contributed by atoms with Crippen LogP contribution in [0.3, 0.4) is 0 Å². The van der Waals surface area contributed by atoms with Crippen LogP contribution in [0.5, 0.6) is 0 Å². The number of amides is 1. The fourth-order valence-corrected chi connectivity index (χ4v) is 3.32. The maximum absolute atomic E-state index is 11.8. The van der Waals surface area contributed by atoms with Gasteiger partial charge in [0.05, 0.1) is 0 Å². The van der Waals surface area contributed by atoms with Gasteiger partial charge < -0.3 is 10.4 Å². The molecule has 1 aromatic heterocycles. The van der Waals surface area contributed by atoms with Gasteiger partial charge >= 0.3 is 0 Å². The minimum atomic E-state index is 0.105. The maximum Gasteiger partial charge on any atom is 0.220 e. The Morgan fingerprint density at radius 1 is 1.53 bits per heavy atom. The molecule has 2 atom stereocenters. The van der Waals surface area contributed by atoms with Crippen LogP contribution in [0.2, 0.25) is 0 Å². The molecule has 1 aromatic rings. The molecule has 3 nitrogen and oxygen atoms in total. The first-order valence-corrected chi connectivity index (χ1v) is 7.68. The molecule has 19 heavy (non-hydrogen) atoms. The van der Waals surface area contributed by atoms with E-state index in [1.54, 1.807) is 11.3 Å². The number of carbonyl (C=O) groups excluding carboxylic acids is 1. The van der Waals surface area contributed by atoms with Gasteiger partial charge in [0.15, 0.2) is 0 Å². The van der Waals surface area contributed by atoms with Crippen LogP contribution < -0.4 is 5.32 Å². The zero-order valence-electron chi connectivity index (χ0n) is 11.3. The Kier molecular flexibility index (Phi) is 5.16. The van der Waals surface area contributed by atoms with Crippen LogP contribution in [-0.4, -0.2) is 23.7 Å². The third-order valence-electron chi connectivity index (χ3n) is 3.53. The highest BCUT2D eigenvalue weighted by molar-refractivity contribution is 7.10. The van der Waals surface area contributed by atoms with Gasteiger partial charge in [0.25, 0.3) is 0 Å². The predicted octanol–water partition coefficient (Wildman–Crippen LogP) is 2.43. The van der Waals surface area contributed by atoms with E-state index < -0.39 is 0 Å². The minimum Gasteiger partial charge on any atom is -0.396 e. The van der Waals surface area contributed by atoms with Crippen molar-refractivity contribution in [2.24, 2.45) is 5.92 Å². The van der Waals surface area contributed by atoms with Gasteiger partial charge in [0.1, 0.15) is 0 Å². The SMILES string of the molecule is Cc1ccsc1CCCC(=O)N[C@@H]1C=C[C@H](CO)C1. The quantitative estimate of drug-likeness (QED) is 0.786. The second kappa shape index (κ2) is 6.87. The van der Waals surface area contributed by atoms with Crippen molar-refractivity contribution >= 4 is 17.2 Å². The molecule has 2 N–H and O–H groups in total. The summed E-state index contributed by atoms with van der Waals surface area (Å²) in [6, 6.07) is 2.23. The molecule has 0 bridgehead atoms. The number of aliphatic hydroxyl groups excluding tert-OH is 1. The van der Waals surface area contributed by atoms with E-state index in [-0.39, 0.29) is 24.5 Å². The lowest BCUT2D eigenvalue weighted by molar-refractivity contribution is -0.121. The highest BCUT2D eigenvalue weighted by Crippen LogP contribution is 2.19. The summed E-state index contributed by atoms with van der Waals surface area (Å²) < 4.78 is 0. The van der Waals surface area contributed by atoms with Crippen molar-refractivity contribution in [3.05, 3.63) is 34.0 Å². The third kappa shape index (κ3) is 4.18. The van der Waals surface area contributed by atoms with Crippen LogP contribution in [0, 0.1) is 12.8 Å². The van der Waals surface area contributed by atoms with Gasteiger partial charge in [0.2, 0.25) is 5.91 Å². The summed E-state index contributed by atoms with van der Waals surface area (Å²) >= 11 is 1.77. The van der Waals surface area contributed by atoms with E-state index in [2.05, 4.69) is 23.7 Å². The highest BCUT2D eigenvalue weighted by Gasteiger charge is 2.19. The second-order valence-corrected chi connectivity index (χ2v) is 6.12. The standard InChI is InChI=1S/C15H21NO2S/c1-11-7-8-19-14(11)3-2-4-15(18)16-13-6-5-12(9-13)10-17/h5-8,12-13,17H,2-4,9-10H2,1H3,(H,16,18)/t12-,13+/m0/s1. The number of hydrogen-bond donors (Lipinski definition) is 2. The van der Waals surface area contributed by atoms with Crippen molar-refractivity contribution in [2.75, 3.05) is 6.61 Å². The van der Waals surface area contributed by atoms with Crippen molar-refractivity contribution in [1.82, 2.24) is 5.32 Å². The number of thiophene rings is 1. The Morgan fingerprint density at radius 3 is 3.00 bits per heavy atom. The van der Waals surface area contributed by atoms with E-state index in [1.165, 1.54) is 10.4 Å². The van der Waals surface area contributed by atoms with Crippen molar-refractivity contribution < 1.29 is 9.90 Å². The molecule has 0 saturated carbocycles. The molecule has 0 spiro atoms. The van der Waals surface area contributed by atoms with Crippen LogP contribution in [-0.2, 0) is 11.2 Å². The molecule has 0 aromatic carbocycles. The number of aryl methyl sites for hydroxylation is 2. The van der Waals surface area contributed by atoms with Crippen LogP contribution in [0.25, 0.3) is 0 Å². The largest absolute Gasteiger partial charge is 0.396 e. The molecule has 0 fully saturated rings. The first kappa shape index (κ1) is 14.3. The zero-order valence-corrected chi connectivity index (χ0v) is 12.1. The molecule has 1 amide bonds. The molecule has 1 heterocycles. The van der Waals surface area contributed by atoms with E-state index in [4.69, 9.17) is 5.11 Å². The van der Waals surface area contributed by atoms with Crippen LogP contribution in [0.15, 0.2) is 23.6 Å². The van der Waals surface area contributed by atoms with Crippen molar-refractivity contribution in [3.63, 3.8) is 0 Å². The van der Waals surface area contributed by atoms with E-state index in [0.717, 1.165) is 19.3 Å².